The molecule has 0 aliphatic rings. The zero-order valence-corrected chi connectivity index (χ0v) is 12.0. The fraction of sp³-hybridized carbons (Fsp3) is 0.500. The first-order chi connectivity index (χ1) is 9.51. The normalized spacial score (nSPS) is 10.3. The average Bonchev–Trinajstić information content (AvgIpc) is 2.41. The number of carbonyl (C=O) groups excluding carboxylic acids is 1. The maximum atomic E-state index is 12.1. The number of rotatable bonds is 6. The molecule has 0 aromatic carbocycles. The monoisotopic (exact) mass is 277 g/mol. The Labute approximate surface area is 118 Å². The third-order valence-electron chi connectivity index (χ3n) is 2.85. The number of pyridine rings is 1. The number of ether oxygens (including phenoxy) is 1. The summed E-state index contributed by atoms with van der Waals surface area (Å²) in [5.74, 6) is -0.191. The molecule has 0 bridgehead atoms. The van der Waals surface area contributed by atoms with Gasteiger partial charge in [0.05, 0.1) is 6.61 Å². The van der Waals surface area contributed by atoms with Crippen molar-refractivity contribution in [2.75, 3.05) is 20.3 Å². The number of nitriles is 1. The summed E-state index contributed by atoms with van der Waals surface area (Å²) in [6, 6.07) is 5.05. The van der Waals surface area contributed by atoms with Gasteiger partial charge in [-0.25, -0.2) is 0 Å². The SMILES string of the molecule is COCCNC(=O)Cn1c(C(C)C)ccc(C#N)c1=O. The molecule has 1 amide bonds. The molecule has 20 heavy (non-hydrogen) atoms. The Morgan fingerprint density at radius 1 is 1.50 bits per heavy atom. The number of hydrogen-bond acceptors (Lipinski definition) is 4. The molecule has 0 spiro atoms. The molecule has 108 valence electrons. The first-order valence-corrected chi connectivity index (χ1v) is 6.40. The number of carbonyl (C=O) groups is 1. The Hall–Kier alpha value is -2.13. The van der Waals surface area contributed by atoms with E-state index in [1.807, 2.05) is 19.9 Å². The van der Waals surface area contributed by atoms with Crippen LogP contribution in [-0.4, -0.2) is 30.7 Å². The minimum absolute atomic E-state index is 0.0408. The predicted octanol–water partition coefficient (Wildman–Crippen LogP) is 0.606. The summed E-state index contributed by atoms with van der Waals surface area (Å²) in [6.45, 7) is 4.57. The molecule has 1 aromatic heterocycles. The molecule has 0 radical (unpaired) electrons. The van der Waals surface area contributed by atoms with Crippen LogP contribution in [0.15, 0.2) is 16.9 Å². The van der Waals surface area contributed by atoms with E-state index < -0.39 is 5.56 Å². The molecule has 1 N–H and O–H groups in total. The van der Waals surface area contributed by atoms with Crippen LogP contribution in [0, 0.1) is 11.3 Å². The van der Waals surface area contributed by atoms with Crippen molar-refractivity contribution in [2.45, 2.75) is 26.3 Å². The van der Waals surface area contributed by atoms with E-state index in [4.69, 9.17) is 10.00 Å². The molecule has 0 unspecified atom stereocenters. The maximum absolute atomic E-state index is 12.1. The van der Waals surface area contributed by atoms with Crippen LogP contribution in [0.4, 0.5) is 0 Å². The molecule has 0 aliphatic carbocycles. The highest BCUT2D eigenvalue weighted by molar-refractivity contribution is 5.75. The zero-order valence-electron chi connectivity index (χ0n) is 12.0. The van der Waals surface area contributed by atoms with E-state index in [9.17, 15) is 9.59 Å². The van der Waals surface area contributed by atoms with E-state index in [2.05, 4.69) is 5.32 Å². The standard InChI is InChI=1S/C14H19N3O3/c1-10(2)12-5-4-11(8-15)14(19)17(12)9-13(18)16-6-7-20-3/h4-5,10H,6-7,9H2,1-3H3,(H,16,18). The molecule has 1 aromatic rings. The summed E-state index contributed by atoms with van der Waals surface area (Å²) < 4.78 is 6.19. The Balaban J connectivity index is 3.00. The van der Waals surface area contributed by atoms with Gasteiger partial charge in [0.1, 0.15) is 18.2 Å². The molecule has 6 heteroatoms. The Morgan fingerprint density at radius 2 is 2.20 bits per heavy atom. The molecule has 1 heterocycles. The quantitative estimate of drug-likeness (QED) is 0.772. The van der Waals surface area contributed by atoms with Crippen molar-refractivity contribution in [3.05, 3.63) is 33.7 Å². The van der Waals surface area contributed by atoms with Gasteiger partial charge in [0.2, 0.25) is 5.91 Å². The zero-order chi connectivity index (χ0) is 15.1. The lowest BCUT2D eigenvalue weighted by Crippen LogP contribution is -2.36. The number of aromatic nitrogens is 1. The molecule has 0 saturated heterocycles. The number of amides is 1. The van der Waals surface area contributed by atoms with Gasteiger partial charge in [0.25, 0.3) is 5.56 Å². The summed E-state index contributed by atoms with van der Waals surface area (Å²) in [6.07, 6.45) is 0. The highest BCUT2D eigenvalue weighted by Crippen LogP contribution is 2.12. The lowest BCUT2D eigenvalue weighted by molar-refractivity contribution is -0.121. The summed E-state index contributed by atoms with van der Waals surface area (Å²) in [5, 5.41) is 11.6. The fourth-order valence-electron chi connectivity index (χ4n) is 1.84. The number of nitrogens with zero attached hydrogens (tertiary/aromatic N) is 2. The van der Waals surface area contributed by atoms with E-state index in [0.29, 0.717) is 13.2 Å². The van der Waals surface area contributed by atoms with E-state index in [1.54, 1.807) is 13.2 Å². The maximum Gasteiger partial charge on any atom is 0.269 e. The summed E-state index contributed by atoms with van der Waals surface area (Å²) >= 11 is 0. The van der Waals surface area contributed by atoms with Crippen LogP contribution in [0.2, 0.25) is 0 Å². The van der Waals surface area contributed by atoms with Crippen LogP contribution in [0.1, 0.15) is 31.0 Å². The molecule has 0 aliphatic heterocycles. The average molecular weight is 277 g/mol. The smallest absolute Gasteiger partial charge is 0.269 e. The molecular formula is C14H19N3O3. The van der Waals surface area contributed by atoms with Crippen LogP contribution < -0.4 is 10.9 Å². The number of methoxy groups -OCH3 is 1. The molecule has 0 saturated carbocycles. The van der Waals surface area contributed by atoms with Crippen LogP contribution in [0.25, 0.3) is 0 Å². The van der Waals surface area contributed by atoms with Gasteiger partial charge in [-0.15, -0.1) is 0 Å². The Morgan fingerprint density at radius 3 is 2.75 bits per heavy atom. The third-order valence-corrected chi connectivity index (χ3v) is 2.85. The van der Waals surface area contributed by atoms with Crippen molar-refractivity contribution in [1.29, 1.82) is 5.26 Å². The van der Waals surface area contributed by atoms with Gasteiger partial charge in [0, 0.05) is 19.3 Å². The lowest BCUT2D eigenvalue weighted by Gasteiger charge is -2.15. The molecule has 0 atom stereocenters. The second-order valence-electron chi connectivity index (χ2n) is 4.67. The Kier molecular flexibility index (Phi) is 5.94. The third kappa shape index (κ3) is 3.93. The molecule has 0 fully saturated rings. The first kappa shape index (κ1) is 15.9. The number of hydrogen-bond donors (Lipinski definition) is 1. The predicted molar refractivity (Wildman–Crippen MR) is 74.4 cm³/mol. The summed E-state index contributed by atoms with van der Waals surface area (Å²) in [7, 11) is 1.55. The highest BCUT2D eigenvalue weighted by atomic mass is 16.5. The van der Waals surface area contributed by atoms with E-state index in [-0.39, 0.29) is 23.9 Å². The van der Waals surface area contributed by atoms with Crippen LogP contribution in [-0.2, 0) is 16.1 Å². The van der Waals surface area contributed by atoms with Crippen molar-refractivity contribution in [3.63, 3.8) is 0 Å². The molecule has 6 nitrogen and oxygen atoms in total. The van der Waals surface area contributed by atoms with Crippen LogP contribution >= 0.6 is 0 Å². The minimum atomic E-state index is -0.430. The summed E-state index contributed by atoms with van der Waals surface area (Å²) in [5.41, 5.74) is 0.343. The van der Waals surface area contributed by atoms with Crippen molar-refractivity contribution in [3.8, 4) is 6.07 Å². The van der Waals surface area contributed by atoms with E-state index >= 15 is 0 Å². The number of nitrogens with one attached hydrogen (secondary N) is 1. The Bertz CT molecular complexity index is 570. The fourth-order valence-corrected chi connectivity index (χ4v) is 1.84. The first-order valence-electron chi connectivity index (χ1n) is 6.40. The van der Waals surface area contributed by atoms with Gasteiger partial charge in [0.15, 0.2) is 0 Å². The van der Waals surface area contributed by atoms with Crippen molar-refractivity contribution < 1.29 is 9.53 Å². The van der Waals surface area contributed by atoms with E-state index in [0.717, 1.165) is 5.69 Å². The second-order valence-corrected chi connectivity index (χ2v) is 4.67. The van der Waals surface area contributed by atoms with Crippen molar-refractivity contribution in [2.24, 2.45) is 0 Å². The van der Waals surface area contributed by atoms with Gasteiger partial charge in [-0.05, 0) is 18.1 Å². The largest absolute Gasteiger partial charge is 0.383 e. The van der Waals surface area contributed by atoms with Crippen molar-refractivity contribution >= 4 is 5.91 Å². The van der Waals surface area contributed by atoms with Crippen LogP contribution in [0.5, 0.6) is 0 Å². The highest BCUT2D eigenvalue weighted by Gasteiger charge is 2.14. The van der Waals surface area contributed by atoms with Crippen LogP contribution in [0.3, 0.4) is 0 Å². The van der Waals surface area contributed by atoms with Gasteiger partial charge >= 0.3 is 0 Å². The summed E-state index contributed by atoms with van der Waals surface area (Å²) in [4.78, 5) is 23.9. The lowest BCUT2D eigenvalue weighted by atomic mass is 10.1. The van der Waals surface area contributed by atoms with Crippen molar-refractivity contribution in [1.82, 2.24) is 9.88 Å². The minimum Gasteiger partial charge on any atom is -0.383 e. The molecule has 1 rings (SSSR count). The topological polar surface area (TPSA) is 84.1 Å². The van der Waals surface area contributed by atoms with Gasteiger partial charge in [-0.3, -0.25) is 9.59 Å². The van der Waals surface area contributed by atoms with E-state index in [1.165, 1.54) is 10.6 Å². The molecular weight excluding hydrogens is 258 g/mol. The van der Waals surface area contributed by atoms with Gasteiger partial charge in [-0.1, -0.05) is 13.8 Å². The second kappa shape index (κ2) is 7.46. The van der Waals surface area contributed by atoms with Gasteiger partial charge in [-0.2, -0.15) is 5.26 Å². The van der Waals surface area contributed by atoms with Gasteiger partial charge < -0.3 is 14.6 Å².